The summed E-state index contributed by atoms with van der Waals surface area (Å²) in [5.74, 6) is -1.21. The molecule has 0 unspecified atom stereocenters. The third kappa shape index (κ3) is 2.99. The van der Waals surface area contributed by atoms with Crippen LogP contribution < -0.4 is 5.11 Å². The molecule has 0 aliphatic carbocycles. The number of aromatic carboxylic acids is 1. The summed E-state index contributed by atoms with van der Waals surface area (Å²) in [6.07, 6.45) is 5.84. The predicted octanol–water partition coefficient (Wildman–Crippen LogP) is 2.37. The van der Waals surface area contributed by atoms with Crippen molar-refractivity contribution in [1.82, 2.24) is 14.8 Å². The molecule has 0 radical (unpaired) electrons. The van der Waals surface area contributed by atoms with Crippen molar-refractivity contribution in [3.8, 4) is 5.69 Å². The normalized spacial score (nSPS) is 10.9. The third-order valence-corrected chi connectivity index (χ3v) is 4.10. The van der Waals surface area contributed by atoms with Crippen molar-refractivity contribution in [3.63, 3.8) is 0 Å². The first-order valence-electron chi connectivity index (χ1n) is 7.89. The molecule has 2 aromatic carbocycles. The van der Waals surface area contributed by atoms with Crippen molar-refractivity contribution in [2.75, 3.05) is 0 Å². The van der Waals surface area contributed by atoms with Crippen molar-refractivity contribution in [3.05, 3.63) is 89.9 Å². The van der Waals surface area contributed by atoms with Crippen LogP contribution in [0, 0.1) is 0 Å². The second-order valence-corrected chi connectivity index (χ2v) is 5.80. The van der Waals surface area contributed by atoms with Crippen LogP contribution in [0.25, 0.3) is 16.6 Å². The Hall–Kier alpha value is -3.47. The van der Waals surface area contributed by atoms with E-state index < -0.39 is 5.97 Å². The number of carbonyl (C=O) groups excluding carboxylic acids is 1. The maximum Gasteiger partial charge on any atom is 0.0792 e. The molecular weight excluding hydrogens is 314 g/mol. The minimum Gasteiger partial charge on any atom is -0.545 e. The quantitative estimate of drug-likeness (QED) is 0.577. The minimum atomic E-state index is -1.21. The monoisotopic (exact) mass is 328 g/mol. The first-order valence-corrected chi connectivity index (χ1v) is 7.89. The van der Waals surface area contributed by atoms with E-state index in [-0.39, 0.29) is 5.56 Å². The van der Waals surface area contributed by atoms with Gasteiger partial charge in [0.25, 0.3) is 0 Å². The zero-order chi connectivity index (χ0) is 17.2. The highest BCUT2D eigenvalue weighted by Gasteiger charge is 2.07. The highest BCUT2D eigenvalue weighted by Crippen LogP contribution is 2.21. The van der Waals surface area contributed by atoms with Crippen LogP contribution in [0.4, 0.5) is 0 Å². The first kappa shape index (κ1) is 15.1. The lowest BCUT2D eigenvalue weighted by Crippen LogP contribution is -2.23. The van der Waals surface area contributed by atoms with Gasteiger partial charge in [-0.25, -0.2) is 4.68 Å². The highest BCUT2D eigenvalue weighted by atomic mass is 16.4. The minimum absolute atomic E-state index is 0.126. The average molecular weight is 328 g/mol. The van der Waals surface area contributed by atoms with Gasteiger partial charge in [0.2, 0.25) is 0 Å². The van der Waals surface area contributed by atoms with E-state index in [0.29, 0.717) is 11.9 Å². The number of fused-ring (bicyclic) bond motifs is 1. The Bertz CT molecular complexity index is 1040. The summed E-state index contributed by atoms with van der Waals surface area (Å²) in [6, 6.07) is 17.2. The van der Waals surface area contributed by atoms with Crippen molar-refractivity contribution < 1.29 is 9.90 Å². The van der Waals surface area contributed by atoms with Gasteiger partial charge in [0.1, 0.15) is 0 Å². The average Bonchev–Trinajstić information content (AvgIpc) is 3.16. The fourth-order valence-corrected chi connectivity index (χ4v) is 2.94. The third-order valence-electron chi connectivity index (χ3n) is 4.10. The Morgan fingerprint density at radius 3 is 2.56 bits per heavy atom. The van der Waals surface area contributed by atoms with Gasteiger partial charge >= 0.3 is 0 Å². The molecule has 0 saturated carbocycles. The number of hydrogen-bond acceptors (Lipinski definition) is 4. The smallest absolute Gasteiger partial charge is 0.0792 e. The number of nitrogens with zero attached hydrogens (tertiary/aromatic N) is 3. The Kier molecular flexibility index (Phi) is 3.74. The fourth-order valence-electron chi connectivity index (χ4n) is 2.94. The van der Waals surface area contributed by atoms with E-state index in [2.05, 4.69) is 10.1 Å². The van der Waals surface area contributed by atoms with E-state index in [1.807, 2.05) is 48.7 Å². The van der Waals surface area contributed by atoms with Gasteiger partial charge in [-0.2, -0.15) is 5.10 Å². The van der Waals surface area contributed by atoms with E-state index in [1.54, 1.807) is 29.2 Å². The summed E-state index contributed by atoms with van der Waals surface area (Å²) in [5.41, 5.74) is 3.56. The largest absolute Gasteiger partial charge is 0.545 e. The van der Waals surface area contributed by atoms with Gasteiger partial charge in [0.05, 0.1) is 17.2 Å². The molecule has 5 heteroatoms. The van der Waals surface area contributed by atoms with Crippen LogP contribution in [0.15, 0.2) is 73.2 Å². The molecular formula is C20H14N3O2-. The Balaban J connectivity index is 1.67. The molecule has 0 N–H and O–H groups in total. The van der Waals surface area contributed by atoms with Crippen molar-refractivity contribution >= 4 is 16.9 Å². The molecule has 2 aromatic heterocycles. The molecule has 0 saturated heterocycles. The number of carboxylic acids is 1. The lowest BCUT2D eigenvalue weighted by atomic mass is 9.99. The number of pyridine rings is 1. The van der Waals surface area contributed by atoms with Crippen LogP contribution in [-0.4, -0.2) is 20.7 Å². The molecule has 0 fully saturated rings. The summed E-state index contributed by atoms with van der Waals surface area (Å²) in [4.78, 5) is 15.6. The molecule has 0 amide bonds. The molecule has 4 rings (SSSR count). The summed E-state index contributed by atoms with van der Waals surface area (Å²) in [7, 11) is 0. The van der Waals surface area contributed by atoms with Gasteiger partial charge in [0.15, 0.2) is 0 Å². The second kappa shape index (κ2) is 6.20. The Morgan fingerprint density at radius 2 is 1.84 bits per heavy atom. The van der Waals surface area contributed by atoms with Crippen molar-refractivity contribution in [2.24, 2.45) is 0 Å². The fraction of sp³-hybridized carbons (Fsp3) is 0.0500. The van der Waals surface area contributed by atoms with Crippen LogP contribution in [-0.2, 0) is 6.42 Å². The maximum absolute atomic E-state index is 11.4. The van der Waals surface area contributed by atoms with E-state index >= 15 is 0 Å². The van der Waals surface area contributed by atoms with Gasteiger partial charge in [-0.3, -0.25) is 4.98 Å². The van der Waals surface area contributed by atoms with Gasteiger partial charge in [-0.05, 0) is 53.9 Å². The molecule has 0 bridgehead atoms. The van der Waals surface area contributed by atoms with Crippen LogP contribution in [0.5, 0.6) is 0 Å². The van der Waals surface area contributed by atoms with Crippen molar-refractivity contribution in [1.29, 1.82) is 0 Å². The highest BCUT2D eigenvalue weighted by molar-refractivity contribution is 6.01. The van der Waals surface area contributed by atoms with Crippen LogP contribution in [0.2, 0.25) is 0 Å². The van der Waals surface area contributed by atoms with Gasteiger partial charge in [-0.15, -0.1) is 0 Å². The summed E-state index contributed by atoms with van der Waals surface area (Å²) < 4.78 is 1.79. The van der Waals surface area contributed by atoms with E-state index in [0.717, 1.165) is 22.2 Å². The van der Waals surface area contributed by atoms with E-state index in [9.17, 15) is 9.90 Å². The molecule has 0 spiro atoms. The van der Waals surface area contributed by atoms with Crippen LogP contribution >= 0.6 is 0 Å². The van der Waals surface area contributed by atoms with Gasteiger partial charge in [0, 0.05) is 29.5 Å². The molecule has 2 heterocycles. The summed E-state index contributed by atoms with van der Waals surface area (Å²) in [5, 5.41) is 16.4. The summed E-state index contributed by atoms with van der Waals surface area (Å²) in [6.45, 7) is 0. The Labute approximate surface area is 144 Å². The maximum atomic E-state index is 11.4. The number of carbonyl (C=O) groups is 1. The molecule has 122 valence electrons. The molecule has 0 aliphatic rings. The zero-order valence-electron chi connectivity index (χ0n) is 13.3. The molecule has 25 heavy (non-hydrogen) atoms. The standard InChI is InChI=1S/C20H15N3O2/c24-20(25)18-13-15(12-16-3-1-8-21-19(16)18)11-14-4-6-17(7-5-14)23-10-2-9-22-23/h1-10,12-13H,11H2,(H,24,25)/p-1. The molecule has 4 aromatic rings. The number of carboxylic acid groups (broad SMARTS) is 1. The summed E-state index contributed by atoms with van der Waals surface area (Å²) >= 11 is 0. The second-order valence-electron chi connectivity index (χ2n) is 5.80. The first-order chi connectivity index (χ1) is 12.2. The number of hydrogen-bond donors (Lipinski definition) is 0. The van der Waals surface area contributed by atoms with Crippen molar-refractivity contribution in [2.45, 2.75) is 6.42 Å². The van der Waals surface area contributed by atoms with Crippen LogP contribution in [0.3, 0.4) is 0 Å². The number of rotatable bonds is 4. The van der Waals surface area contributed by atoms with Gasteiger partial charge in [-0.1, -0.05) is 18.2 Å². The molecule has 0 aliphatic heterocycles. The number of aromatic nitrogens is 3. The topological polar surface area (TPSA) is 70.8 Å². The lowest BCUT2D eigenvalue weighted by molar-refractivity contribution is -0.254. The zero-order valence-corrected chi connectivity index (χ0v) is 13.3. The Morgan fingerprint density at radius 1 is 1.00 bits per heavy atom. The predicted molar refractivity (Wildman–Crippen MR) is 92.4 cm³/mol. The van der Waals surface area contributed by atoms with Crippen LogP contribution in [0.1, 0.15) is 21.5 Å². The van der Waals surface area contributed by atoms with E-state index in [1.165, 1.54) is 0 Å². The molecule has 5 nitrogen and oxygen atoms in total. The van der Waals surface area contributed by atoms with Gasteiger partial charge < -0.3 is 9.90 Å². The lowest BCUT2D eigenvalue weighted by Gasteiger charge is -2.11. The number of benzene rings is 2. The SMILES string of the molecule is O=C([O-])c1cc(Cc2ccc(-n3cccn3)cc2)cc2cccnc12. The molecule has 0 atom stereocenters. The van der Waals surface area contributed by atoms with E-state index in [4.69, 9.17) is 0 Å².